The lowest BCUT2D eigenvalue weighted by Gasteiger charge is -2.06. The van der Waals surface area contributed by atoms with E-state index in [1.54, 1.807) is 12.1 Å². The monoisotopic (exact) mass is 225 g/mol. The molecule has 0 fully saturated rings. The Kier molecular flexibility index (Phi) is 2.81. The summed E-state index contributed by atoms with van der Waals surface area (Å²) in [4.78, 5) is 3.11. The number of halogens is 2. The zero-order valence-corrected chi connectivity index (χ0v) is 9.13. The van der Waals surface area contributed by atoms with Crippen molar-refractivity contribution in [1.29, 1.82) is 0 Å². The van der Waals surface area contributed by atoms with Crippen LogP contribution in [0.15, 0.2) is 24.4 Å². The van der Waals surface area contributed by atoms with Gasteiger partial charge in [0.25, 0.3) is 0 Å². The molecule has 0 radical (unpaired) electrons. The summed E-state index contributed by atoms with van der Waals surface area (Å²) >= 11 is 0. The molecule has 0 amide bonds. The van der Waals surface area contributed by atoms with Crippen LogP contribution in [0.2, 0.25) is 0 Å². The van der Waals surface area contributed by atoms with Gasteiger partial charge in [-0.1, -0.05) is 13.8 Å². The van der Waals surface area contributed by atoms with Crippen LogP contribution in [0.4, 0.5) is 8.78 Å². The van der Waals surface area contributed by atoms with E-state index in [-0.39, 0.29) is 5.75 Å². The molecule has 0 atom stereocenters. The number of fused-ring (bicyclic) bond motifs is 1. The van der Waals surface area contributed by atoms with E-state index in [2.05, 4.69) is 23.6 Å². The minimum atomic E-state index is -2.78. The van der Waals surface area contributed by atoms with Crippen LogP contribution in [0.3, 0.4) is 0 Å². The summed E-state index contributed by atoms with van der Waals surface area (Å²) in [5.41, 5.74) is 2.04. The molecule has 0 saturated carbocycles. The maximum Gasteiger partial charge on any atom is 0.387 e. The van der Waals surface area contributed by atoms with Gasteiger partial charge < -0.3 is 9.72 Å². The van der Waals surface area contributed by atoms with Crippen LogP contribution in [0.1, 0.15) is 25.3 Å². The van der Waals surface area contributed by atoms with E-state index in [0.717, 1.165) is 16.5 Å². The normalized spacial score (nSPS) is 11.6. The maximum absolute atomic E-state index is 12.1. The van der Waals surface area contributed by atoms with Gasteiger partial charge in [0, 0.05) is 17.1 Å². The Hall–Kier alpha value is -1.58. The van der Waals surface area contributed by atoms with Crippen molar-refractivity contribution in [3.8, 4) is 5.75 Å². The van der Waals surface area contributed by atoms with Crippen LogP contribution in [0.5, 0.6) is 5.75 Å². The highest BCUT2D eigenvalue weighted by Crippen LogP contribution is 2.28. The molecule has 2 rings (SSSR count). The summed E-state index contributed by atoms with van der Waals surface area (Å²) in [5.74, 6) is 0.541. The second-order valence-electron chi connectivity index (χ2n) is 3.98. The number of aromatic amines is 1. The van der Waals surface area contributed by atoms with Gasteiger partial charge >= 0.3 is 6.61 Å². The van der Waals surface area contributed by atoms with E-state index in [4.69, 9.17) is 0 Å². The zero-order chi connectivity index (χ0) is 11.7. The Morgan fingerprint density at radius 2 is 2.00 bits per heavy atom. The van der Waals surface area contributed by atoms with Crippen LogP contribution in [-0.2, 0) is 0 Å². The van der Waals surface area contributed by atoms with E-state index in [1.165, 1.54) is 6.07 Å². The Bertz CT molecular complexity index is 491. The lowest BCUT2D eigenvalue weighted by atomic mass is 10.0. The van der Waals surface area contributed by atoms with Crippen molar-refractivity contribution in [3.05, 3.63) is 30.0 Å². The summed E-state index contributed by atoms with van der Waals surface area (Å²) in [7, 11) is 0. The number of nitrogens with one attached hydrogen (secondary N) is 1. The van der Waals surface area contributed by atoms with Crippen molar-refractivity contribution in [1.82, 2.24) is 4.98 Å². The number of H-pyrrole nitrogens is 1. The Labute approximate surface area is 92.2 Å². The van der Waals surface area contributed by atoms with Gasteiger partial charge in [0.15, 0.2) is 0 Å². The van der Waals surface area contributed by atoms with Crippen molar-refractivity contribution in [2.45, 2.75) is 26.4 Å². The molecule has 1 N–H and O–H groups in total. The smallest absolute Gasteiger partial charge is 0.387 e. The van der Waals surface area contributed by atoms with Crippen LogP contribution in [-0.4, -0.2) is 11.6 Å². The van der Waals surface area contributed by atoms with Crippen molar-refractivity contribution in [2.24, 2.45) is 0 Å². The number of rotatable bonds is 3. The minimum Gasteiger partial charge on any atom is -0.435 e. The van der Waals surface area contributed by atoms with Gasteiger partial charge in [-0.25, -0.2) is 0 Å². The molecule has 16 heavy (non-hydrogen) atoms. The Morgan fingerprint density at radius 1 is 1.25 bits per heavy atom. The highest BCUT2D eigenvalue weighted by Gasteiger charge is 2.10. The molecule has 0 aliphatic rings. The van der Waals surface area contributed by atoms with Gasteiger partial charge in [-0.15, -0.1) is 0 Å². The van der Waals surface area contributed by atoms with E-state index >= 15 is 0 Å². The Morgan fingerprint density at radius 3 is 2.62 bits per heavy atom. The summed E-state index contributed by atoms with van der Waals surface area (Å²) in [6, 6.07) is 4.93. The molecule has 0 saturated heterocycles. The quantitative estimate of drug-likeness (QED) is 0.842. The lowest BCUT2D eigenvalue weighted by Crippen LogP contribution is -2.01. The molecule has 0 aliphatic carbocycles. The molecule has 0 aliphatic heterocycles. The predicted octanol–water partition coefficient (Wildman–Crippen LogP) is 3.89. The molecular weight excluding hydrogens is 212 g/mol. The molecule has 1 aromatic carbocycles. The first-order valence-corrected chi connectivity index (χ1v) is 5.14. The highest BCUT2D eigenvalue weighted by atomic mass is 19.3. The fraction of sp³-hybridized carbons (Fsp3) is 0.333. The average Bonchev–Trinajstić information content (AvgIpc) is 2.59. The van der Waals surface area contributed by atoms with Gasteiger partial charge in [-0.2, -0.15) is 8.78 Å². The topological polar surface area (TPSA) is 25.0 Å². The molecule has 2 nitrogen and oxygen atoms in total. The first-order chi connectivity index (χ1) is 7.58. The van der Waals surface area contributed by atoms with E-state index in [0.29, 0.717) is 5.92 Å². The maximum atomic E-state index is 12.1. The third-order valence-electron chi connectivity index (χ3n) is 2.53. The first-order valence-electron chi connectivity index (χ1n) is 5.14. The molecular formula is C12H13F2NO. The fourth-order valence-electron chi connectivity index (χ4n) is 1.78. The molecule has 1 heterocycles. The van der Waals surface area contributed by atoms with Gasteiger partial charge in [-0.05, 0) is 29.7 Å². The Balaban J connectivity index is 2.46. The summed E-state index contributed by atoms with van der Waals surface area (Å²) in [5, 5.41) is 0.938. The van der Waals surface area contributed by atoms with Crippen LogP contribution in [0, 0.1) is 0 Å². The van der Waals surface area contributed by atoms with Gasteiger partial charge in [0.1, 0.15) is 5.75 Å². The predicted molar refractivity (Wildman–Crippen MR) is 59.0 cm³/mol. The van der Waals surface area contributed by atoms with E-state index < -0.39 is 6.61 Å². The van der Waals surface area contributed by atoms with Crippen molar-refractivity contribution >= 4 is 10.9 Å². The van der Waals surface area contributed by atoms with Gasteiger partial charge in [-0.3, -0.25) is 0 Å². The second-order valence-corrected chi connectivity index (χ2v) is 3.98. The van der Waals surface area contributed by atoms with Crippen molar-refractivity contribution < 1.29 is 13.5 Å². The number of hydrogen-bond donors (Lipinski definition) is 1. The van der Waals surface area contributed by atoms with Crippen LogP contribution < -0.4 is 4.74 Å². The molecule has 0 unspecified atom stereocenters. The number of alkyl halides is 2. The number of ether oxygens (including phenoxy) is 1. The number of aromatic nitrogens is 1. The molecule has 0 bridgehead atoms. The second kappa shape index (κ2) is 4.12. The highest BCUT2D eigenvalue weighted by molar-refractivity contribution is 5.85. The minimum absolute atomic E-state index is 0.198. The number of benzene rings is 1. The lowest BCUT2D eigenvalue weighted by molar-refractivity contribution is -0.0497. The van der Waals surface area contributed by atoms with Crippen LogP contribution >= 0.6 is 0 Å². The molecule has 2 aromatic rings. The SMILES string of the molecule is CC(C)c1c[nH]c2ccc(OC(F)F)cc12. The van der Waals surface area contributed by atoms with Crippen molar-refractivity contribution in [3.63, 3.8) is 0 Å². The zero-order valence-electron chi connectivity index (χ0n) is 9.13. The average molecular weight is 225 g/mol. The van der Waals surface area contributed by atoms with Gasteiger partial charge in [0.2, 0.25) is 0 Å². The molecule has 4 heteroatoms. The third-order valence-corrected chi connectivity index (χ3v) is 2.53. The summed E-state index contributed by atoms with van der Waals surface area (Å²) in [6.07, 6.45) is 1.90. The summed E-state index contributed by atoms with van der Waals surface area (Å²) < 4.78 is 28.5. The van der Waals surface area contributed by atoms with Crippen LogP contribution in [0.25, 0.3) is 10.9 Å². The summed E-state index contributed by atoms with van der Waals surface area (Å²) in [6.45, 7) is 1.34. The standard InChI is InChI=1S/C12H13F2NO/c1-7(2)10-6-15-11-4-3-8(5-9(10)11)16-12(13)14/h3-7,12,15H,1-2H3. The molecule has 1 aromatic heterocycles. The van der Waals surface area contributed by atoms with Crippen molar-refractivity contribution in [2.75, 3.05) is 0 Å². The van der Waals surface area contributed by atoms with E-state index in [1.807, 2.05) is 6.20 Å². The third kappa shape index (κ3) is 2.01. The largest absolute Gasteiger partial charge is 0.435 e. The molecule has 86 valence electrons. The first kappa shape index (κ1) is 10.9. The van der Waals surface area contributed by atoms with Gasteiger partial charge in [0.05, 0.1) is 0 Å². The fourth-order valence-corrected chi connectivity index (χ4v) is 1.78. The molecule has 0 spiro atoms. The number of hydrogen-bond acceptors (Lipinski definition) is 1. The van der Waals surface area contributed by atoms with E-state index in [9.17, 15) is 8.78 Å².